The zero-order valence-electron chi connectivity index (χ0n) is 9.95. The lowest BCUT2D eigenvalue weighted by Gasteiger charge is -2.36. The Kier molecular flexibility index (Phi) is 2.95. The number of carbonyl (C=O) groups is 1. The number of rotatable bonds is 3. The maximum atomic E-state index is 12.3. The van der Waals surface area contributed by atoms with E-state index >= 15 is 0 Å². The molecular formula is C16H14O2. The molecule has 2 nitrogen and oxygen atoms in total. The van der Waals surface area contributed by atoms with Crippen molar-refractivity contribution in [1.82, 2.24) is 0 Å². The summed E-state index contributed by atoms with van der Waals surface area (Å²) in [5.41, 5.74) is 1.85. The molecule has 0 spiro atoms. The second-order valence-electron chi connectivity index (χ2n) is 4.50. The summed E-state index contributed by atoms with van der Waals surface area (Å²) < 4.78 is 5.55. The van der Waals surface area contributed by atoms with E-state index in [0.29, 0.717) is 6.61 Å². The van der Waals surface area contributed by atoms with Crippen LogP contribution < -0.4 is 0 Å². The second-order valence-corrected chi connectivity index (χ2v) is 4.50. The lowest BCUT2D eigenvalue weighted by Crippen LogP contribution is -2.38. The van der Waals surface area contributed by atoms with E-state index in [9.17, 15) is 4.79 Å². The molecule has 1 saturated heterocycles. The van der Waals surface area contributed by atoms with Gasteiger partial charge in [0.15, 0.2) is 5.78 Å². The first-order chi connectivity index (χ1) is 8.86. The molecule has 0 bridgehead atoms. The number of carbonyl (C=O) groups excluding carboxylic acids is 1. The van der Waals surface area contributed by atoms with Crippen molar-refractivity contribution >= 4 is 5.78 Å². The van der Waals surface area contributed by atoms with E-state index in [1.54, 1.807) is 0 Å². The Morgan fingerprint density at radius 2 is 1.56 bits per heavy atom. The highest BCUT2D eigenvalue weighted by atomic mass is 16.5. The van der Waals surface area contributed by atoms with Gasteiger partial charge in [0.1, 0.15) is 0 Å². The zero-order chi connectivity index (χ0) is 12.4. The summed E-state index contributed by atoms with van der Waals surface area (Å²) in [6, 6.07) is 19.4. The van der Waals surface area contributed by atoms with Crippen molar-refractivity contribution < 1.29 is 9.53 Å². The maximum Gasteiger partial charge on any atom is 0.171 e. The van der Waals surface area contributed by atoms with Gasteiger partial charge in [-0.2, -0.15) is 0 Å². The Morgan fingerprint density at radius 1 is 0.944 bits per heavy atom. The fraction of sp³-hybridized carbons (Fsp3) is 0.188. The van der Waals surface area contributed by atoms with Gasteiger partial charge in [-0.05, 0) is 5.56 Å². The van der Waals surface area contributed by atoms with E-state index in [0.717, 1.165) is 11.1 Å². The molecule has 90 valence electrons. The predicted molar refractivity (Wildman–Crippen MR) is 69.4 cm³/mol. The summed E-state index contributed by atoms with van der Waals surface area (Å²) in [5, 5.41) is 0. The van der Waals surface area contributed by atoms with Gasteiger partial charge in [0.25, 0.3) is 0 Å². The van der Waals surface area contributed by atoms with Crippen molar-refractivity contribution in [2.24, 2.45) is 5.92 Å². The van der Waals surface area contributed by atoms with E-state index in [2.05, 4.69) is 0 Å². The van der Waals surface area contributed by atoms with Crippen molar-refractivity contribution in [1.29, 1.82) is 0 Å². The van der Waals surface area contributed by atoms with Crippen molar-refractivity contribution in [3.8, 4) is 0 Å². The Hall–Kier alpha value is -1.93. The minimum Gasteiger partial charge on any atom is -0.372 e. The normalized spacial score (nSPS) is 22.2. The molecule has 2 unspecified atom stereocenters. The van der Waals surface area contributed by atoms with Crippen LogP contribution in [0.25, 0.3) is 0 Å². The van der Waals surface area contributed by atoms with Gasteiger partial charge in [0.05, 0.1) is 18.6 Å². The molecule has 2 heteroatoms. The van der Waals surface area contributed by atoms with E-state index < -0.39 is 0 Å². The number of hydrogen-bond acceptors (Lipinski definition) is 2. The summed E-state index contributed by atoms with van der Waals surface area (Å²) in [7, 11) is 0. The van der Waals surface area contributed by atoms with Crippen molar-refractivity contribution in [2.75, 3.05) is 6.61 Å². The maximum absolute atomic E-state index is 12.3. The largest absolute Gasteiger partial charge is 0.372 e. The number of hydrogen-bond donors (Lipinski definition) is 0. The van der Waals surface area contributed by atoms with Gasteiger partial charge in [-0.3, -0.25) is 4.79 Å². The van der Waals surface area contributed by atoms with Gasteiger partial charge in [-0.25, -0.2) is 0 Å². The van der Waals surface area contributed by atoms with Gasteiger partial charge in [0.2, 0.25) is 0 Å². The number of ketones is 1. The molecule has 0 saturated carbocycles. The molecule has 1 fully saturated rings. The van der Waals surface area contributed by atoms with Crippen LogP contribution in [0, 0.1) is 5.92 Å². The molecule has 18 heavy (non-hydrogen) atoms. The van der Waals surface area contributed by atoms with Crippen LogP contribution >= 0.6 is 0 Å². The Labute approximate surface area is 106 Å². The highest BCUT2D eigenvalue weighted by Crippen LogP contribution is 2.37. The van der Waals surface area contributed by atoms with Gasteiger partial charge in [0, 0.05) is 5.56 Å². The first-order valence-electron chi connectivity index (χ1n) is 6.12. The first kappa shape index (κ1) is 11.2. The molecule has 0 amide bonds. The van der Waals surface area contributed by atoms with E-state index in [1.807, 2.05) is 60.7 Å². The predicted octanol–water partition coefficient (Wildman–Crippen LogP) is 3.26. The Bertz CT molecular complexity index is 534. The SMILES string of the molecule is O=C(c1ccccc1)C1COC1c1ccccc1. The van der Waals surface area contributed by atoms with Crippen LogP contribution in [-0.4, -0.2) is 12.4 Å². The average Bonchev–Trinajstić information content (AvgIpc) is 2.40. The molecule has 2 aromatic carbocycles. The molecule has 1 heterocycles. The molecule has 1 aliphatic heterocycles. The Morgan fingerprint density at radius 3 is 2.11 bits per heavy atom. The molecule has 2 atom stereocenters. The minimum atomic E-state index is -0.0843. The molecule has 3 rings (SSSR count). The topological polar surface area (TPSA) is 26.3 Å². The summed E-state index contributed by atoms with van der Waals surface area (Å²) in [6.07, 6.45) is -0.0843. The van der Waals surface area contributed by atoms with Crippen LogP contribution in [-0.2, 0) is 4.74 Å². The fourth-order valence-electron chi connectivity index (χ4n) is 2.29. The van der Waals surface area contributed by atoms with E-state index in [1.165, 1.54) is 0 Å². The zero-order valence-corrected chi connectivity index (χ0v) is 9.95. The highest BCUT2D eigenvalue weighted by molar-refractivity contribution is 5.98. The molecule has 0 aliphatic carbocycles. The van der Waals surface area contributed by atoms with Gasteiger partial charge >= 0.3 is 0 Å². The summed E-state index contributed by atoms with van der Waals surface area (Å²) in [6.45, 7) is 0.521. The quantitative estimate of drug-likeness (QED) is 0.767. The summed E-state index contributed by atoms with van der Waals surface area (Å²) in [4.78, 5) is 12.3. The van der Waals surface area contributed by atoms with Crippen LogP contribution in [0.15, 0.2) is 60.7 Å². The molecular weight excluding hydrogens is 224 g/mol. The first-order valence-corrected chi connectivity index (χ1v) is 6.12. The second kappa shape index (κ2) is 4.75. The molecule has 2 aromatic rings. The molecule has 0 N–H and O–H groups in total. The molecule has 0 radical (unpaired) electrons. The number of benzene rings is 2. The fourth-order valence-corrected chi connectivity index (χ4v) is 2.29. The monoisotopic (exact) mass is 238 g/mol. The van der Waals surface area contributed by atoms with Gasteiger partial charge in [-0.1, -0.05) is 60.7 Å². The third-order valence-electron chi connectivity index (χ3n) is 3.34. The average molecular weight is 238 g/mol. The van der Waals surface area contributed by atoms with Crippen molar-refractivity contribution in [3.63, 3.8) is 0 Å². The van der Waals surface area contributed by atoms with Crippen LogP contribution in [0.1, 0.15) is 22.0 Å². The summed E-state index contributed by atoms with van der Waals surface area (Å²) >= 11 is 0. The lowest BCUT2D eigenvalue weighted by atomic mass is 9.85. The van der Waals surface area contributed by atoms with E-state index in [4.69, 9.17) is 4.74 Å². The third kappa shape index (κ3) is 1.95. The van der Waals surface area contributed by atoms with Crippen LogP contribution in [0.2, 0.25) is 0 Å². The van der Waals surface area contributed by atoms with Crippen LogP contribution in [0.3, 0.4) is 0 Å². The van der Waals surface area contributed by atoms with Gasteiger partial charge < -0.3 is 4.74 Å². The van der Waals surface area contributed by atoms with E-state index in [-0.39, 0.29) is 17.8 Å². The van der Waals surface area contributed by atoms with Crippen molar-refractivity contribution in [2.45, 2.75) is 6.10 Å². The lowest BCUT2D eigenvalue weighted by molar-refractivity contribution is -0.0983. The van der Waals surface area contributed by atoms with Gasteiger partial charge in [-0.15, -0.1) is 0 Å². The standard InChI is InChI=1S/C16H14O2/c17-15(12-7-3-1-4-8-12)14-11-18-16(14)13-9-5-2-6-10-13/h1-10,14,16H,11H2. The molecule has 1 aliphatic rings. The number of ether oxygens (including phenoxy) is 1. The third-order valence-corrected chi connectivity index (χ3v) is 3.34. The summed E-state index contributed by atoms with van der Waals surface area (Å²) in [5.74, 6) is 0.130. The van der Waals surface area contributed by atoms with Crippen LogP contribution in [0.5, 0.6) is 0 Å². The molecule has 0 aromatic heterocycles. The minimum absolute atomic E-state index is 0.0465. The highest BCUT2D eigenvalue weighted by Gasteiger charge is 2.39. The Balaban J connectivity index is 1.80. The number of Topliss-reactive ketones (excluding diaryl/α,β-unsaturated/α-hetero) is 1. The van der Waals surface area contributed by atoms with Crippen molar-refractivity contribution in [3.05, 3.63) is 71.8 Å². The smallest absolute Gasteiger partial charge is 0.171 e. The van der Waals surface area contributed by atoms with Crippen LogP contribution in [0.4, 0.5) is 0 Å².